The number of nitrogens with one attached hydrogen (secondary N) is 1. The van der Waals surface area contributed by atoms with E-state index >= 15 is 0 Å². The minimum atomic E-state index is -3.22. The Labute approximate surface area is 178 Å². The highest BCUT2D eigenvalue weighted by molar-refractivity contribution is 7.93. The summed E-state index contributed by atoms with van der Waals surface area (Å²) in [5, 5.41) is 2.84. The van der Waals surface area contributed by atoms with Gasteiger partial charge in [-0.25, -0.2) is 8.42 Å². The first-order valence-corrected chi connectivity index (χ1v) is 11.9. The van der Waals surface area contributed by atoms with Crippen molar-refractivity contribution in [3.63, 3.8) is 0 Å². The third-order valence-corrected chi connectivity index (χ3v) is 6.51. The Morgan fingerprint density at radius 2 is 1.67 bits per heavy atom. The highest BCUT2D eigenvalue weighted by atomic mass is 32.2. The number of hydrogen-bond donors (Lipinski definition) is 1. The number of carbonyl (C=O) groups is 1. The van der Waals surface area contributed by atoms with E-state index in [1.54, 1.807) is 42.5 Å². The molecule has 1 fully saturated rings. The maximum Gasteiger partial charge on any atom is 0.255 e. The molecule has 1 aliphatic heterocycles. The summed E-state index contributed by atoms with van der Waals surface area (Å²) in [5.41, 5.74) is 1.65. The number of nitrogens with zero attached hydrogens (tertiary/aromatic N) is 1. The van der Waals surface area contributed by atoms with Crippen LogP contribution in [-0.2, 0) is 10.0 Å². The van der Waals surface area contributed by atoms with Crippen LogP contribution in [-0.4, -0.2) is 39.8 Å². The van der Waals surface area contributed by atoms with Crippen molar-refractivity contribution in [1.29, 1.82) is 0 Å². The number of anilines is 2. The first-order chi connectivity index (χ1) is 14.4. The highest BCUT2D eigenvalue weighted by Crippen LogP contribution is 2.30. The molecule has 0 saturated carbocycles. The first kappa shape index (κ1) is 22.0. The lowest BCUT2D eigenvalue weighted by Gasteiger charge is -2.17. The van der Waals surface area contributed by atoms with Crippen molar-refractivity contribution in [2.24, 2.45) is 0 Å². The van der Waals surface area contributed by atoms with Crippen molar-refractivity contribution in [3.05, 3.63) is 48.0 Å². The standard InChI is InChI=1S/C22H28N2O5S/c1-3-13-28-20-11-6-17(16-21(20)29-14-4-2)22(25)23-18-7-9-19(10-8-18)24-12-5-15-30(24,26)27/h6-11,16H,3-5,12-15H2,1-2H3,(H,23,25). The van der Waals surface area contributed by atoms with Crippen LogP contribution in [0.4, 0.5) is 11.4 Å². The van der Waals surface area contributed by atoms with Gasteiger partial charge in [-0.05, 0) is 61.7 Å². The van der Waals surface area contributed by atoms with E-state index < -0.39 is 10.0 Å². The molecule has 3 rings (SSSR count). The number of amides is 1. The van der Waals surface area contributed by atoms with E-state index in [9.17, 15) is 13.2 Å². The lowest BCUT2D eigenvalue weighted by Crippen LogP contribution is -2.25. The van der Waals surface area contributed by atoms with Gasteiger partial charge in [0.1, 0.15) is 0 Å². The number of sulfonamides is 1. The van der Waals surface area contributed by atoms with Gasteiger partial charge in [0.15, 0.2) is 11.5 Å². The van der Waals surface area contributed by atoms with Crippen LogP contribution in [0.15, 0.2) is 42.5 Å². The van der Waals surface area contributed by atoms with Gasteiger partial charge in [0.2, 0.25) is 10.0 Å². The van der Waals surface area contributed by atoms with E-state index in [4.69, 9.17) is 9.47 Å². The number of carbonyl (C=O) groups excluding carboxylic acids is 1. The summed E-state index contributed by atoms with van der Waals surface area (Å²) in [5.74, 6) is 1.07. The Bertz CT molecular complexity index is 974. The Balaban J connectivity index is 1.72. The zero-order valence-electron chi connectivity index (χ0n) is 17.4. The fourth-order valence-corrected chi connectivity index (χ4v) is 4.71. The monoisotopic (exact) mass is 432 g/mol. The van der Waals surface area contributed by atoms with E-state index in [0.29, 0.717) is 54.6 Å². The molecule has 162 valence electrons. The van der Waals surface area contributed by atoms with Gasteiger partial charge in [-0.1, -0.05) is 13.8 Å². The van der Waals surface area contributed by atoms with Crippen molar-refractivity contribution in [1.82, 2.24) is 0 Å². The second-order valence-corrected chi connectivity index (χ2v) is 9.11. The first-order valence-electron chi connectivity index (χ1n) is 10.3. The molecule has 1 N–H and O–H groups in total. The summed E-state index contributed by atoms with van der Waals surface area (Å²) in [4.78, 5) is 12.7. The molecule has 0 spiro atoms. The SMILES string of the molecule is CCCOc1ccc(C(=O)Nc2ccc(N3CCCS3(=O)=O)cc2)cc1OCCC. The molecule has 0 radical (unpaired) electrons. The van der Waals surface area contributed by atoms with Gasteiger partial charge in [0.05, 0.1) is 24.7 Å². The molecule has 0 aromatic heterocycles. The Kier molecular flexibility index (Phi) is 7.20. The van der Waals surface area contributed by atoms with E-state index in [2.05, 4.69) is 5.32 Å². The fraction of sp³-hybridized carbons (Fsp3) is 0.409. The minimum absolute atomic E-state index is 0.173. The van der Waals surface area contributed by atoms with E-state index in [1.807, 2.05) is 13.8 Å². The second-order valence-electron chi connectivity index (χ2n) is 7.10. The zero-order chi connectivity index (χ0) is 21.6. The number of ether oxygens (including phenoxy) is 2. The Morgan fingerprint density at radius 3 is 2.27 bits per heavy atom. The van der Waals surface area contributed by atoms with Crippen molar-refractivity contribution in [2.75, 3.05) is 35.1 Å². The van der Waals surface area contributed by atoms with E-state index in [0.717, 1.165) is 12.8 Å². The molecular formula is C22H28N2O5S. The summed E-state index contributed by atoms with van der Waals surface area (Å²) in [6, 6.07) is 11.9. The number of benzene rings is 2. The van der Waals surface area contributed by atoms with Gasteiger partial charge >= 0.3 is 0 Å². The number of rotatable bonds is 9. The van der Waals surface area contributed by atoms with Crippen LogP contribution in [0, 0.1) is 0 Å². The summed E-state index contributed by atoms with van der Waals surface area (Å²) in [6.07, 6.45) is 2.36. The lowest BCUT2D eigenvalue weighted by molar-refractivity contribution is 0.102. The molecule has 1 aliphatic rings. The van der Waals surface area contributed by atoms with Crippen LogP contribution in [0.5, 0.6) is 11.5 Å². The third kappa shape index (κ3) is 5.24. The molecule has 0 unspecified atom stereocenters. The third-order valence-electron chi connectivity index (χ3n) is 4.64. The molecule has 1 amide bonds. The van der Waals surface area contributed by atoms with Gasteiger partial charge in [-0.2, -0.15) is 0 Å². The second kappa shape index (κ2) is 9.84. The van der Waals surface area contributed by atoms with Gasteiger partial charge in [-0.3, -0.25) is 9.10 Å². The van der Waals surface area contributed by atoms with Crippen molar-refractivity contribution in [2.45, 2.75) is 33.1 Å². The van der Waals surface area contributed by atoms with Gasteiger partial charge in [-0.15, -0.1) is 0 Å². The smallest absolute Gasteiger partial charge is 0.255 e. The van der Waals surface area contributed by atoms with Crippen LogP contribution in [0.1, 0.15) is 43.5 Å². The zero-order valence-corrected chi connectivity index (χ0v) is 18.2. The largest absolute Gasteiger partial charge is 0.490 e. The van der Waals surface area contributed by atoms with E-state index in [1.165, 1.54) is 4.31 Å². The summed E-state index contributed by atoms with van der Waals surface area (Å²) >= 11 is 0. The molecule has 1 heterocycles. The van der Waals surface area contributed by atoms with Crippen LogP contribution in [0.2, 0.25) is 0 Å². The summed E-state index contributed by atoms with van der Waals surface area (Å²) in [6.45, 7) is 5.64. The fourth-order valence-electron chi connectivity index (χ4n) is 3.15. The van der Waals surface area contributed by atoms with E-state index in [-0.39, 0.29) is 11.7 Å². The maximum atomic E-state index is 12.7. The topological polar surface area (TPSA) is 84.9 Å². The predicted molar refractivity (Wildman–Crippen MR) is 118 cm³/mol. The molecule has 2 aromatic rings. The molecule has 0 bridgehead atoms. The lowest BCUT2D eigenvalue weighted by atomic mass is 10.1. The van der Waals surface area contributed by atoms with Crippen LogP contribution < -0.4 is 19.1 Å². The van der Waals surface area contributed by atoms with Gasteiger partial charge < -0.3 is 14.8 Å². The van der Waals surface area contributed by atoms with Gasteiger partial charge in [0, 0.05) is 17.8 Å². The van der Waals surface area contributed by atoms with Crippen molar-refractivity contribution >= 4 is 27.3 Å². The quantitative estimate of drug-likeness (QED) is 0.646. The predicted octanol–water partition coefficient (Wildman–Crippen LogP) is 4.06. The summed E-state index contributed by atoms with van der Waals surface area (Å²) in [7, 11) is -3.22. The highest BCUT2D eigenvalue weighted by Gasteiger charge is 2.28. The average molecular weight is 433 g/mol. The summed E-state index contributed by atoms with van der Waals surface area (Å²) < 4.78 is 37.0. The molecule has 1 saturated heterocycles. The van der Waals surface area contributed by atoms with Crippen LogP contribution >= 0.6 is 0 Å². The number of hydrogen-bond acceptors (Lipinski definition) is 5. The average Bonchev–Trinajstić information content (AvgIpc) is 3.10. The molecule has 0 aliphatic carbocycles. The normalized spacial score (nSPS) is 15.1. The van der Waals surface area contributed by atoms with Crippen LogP contribution in [0.25, 0.3) is 0 Å². The molecular weight excluding hydrogens is 404 g/mol. The molecule has 2 aromatic carbocycles. The van der Waals surface area contributed by atoms with Crippen LogP contribution in [0.3, 0.4) is 0 Å². The van der Waals surface area contributed by atoms with Gasteiger partial charge in [0.25, 0.3) is 5.91 Å². The molecule has 7 nitrogen and oxygen atoms in total. The Hall–Kier alpha value is -2.74. The van der Waals surface area contributed by atoms with Crippen molar-refractivity contribution in [3.8, 4) is 11.5 Å². The van der Waals surface area contributed by atoms with Crippen molar-refractivity contribution < 1.29 is 22.7 Å². The molecule has 30 heavy (non-hydrogen) atoms. The molecule has 0 atom stereocenters. The molecule has 8 heteroatoms. The Morgan fingerprint density at radius 1 is 1.00 bits per heavy atom. The maximum absolute atomic E-state index is 12.7. The minimum Gasteiger partial charge on any atom is -0.490 e.